The number of hydrogen-bond acceptors (Lipinski definition) is 7. The highest BCUT2D eigenvalue weighted by atomic mass is 19.3. The average Bonchev–Trinajstić information content (AvgIpc) is 3.16. The van der Waals surface area contributed by atoms with E-state index >= 15 is 0 Å². The maximum absolute atomic E-state index is 13.7. The lowest BCUT2D eigenvalue weighted by atomic mass is 10.3. The van der Waals surface area contributed by atoms with Gasteiger partial charge in [0.1, 0.15) is 11.5 Å². The van der Waals surface area contributed by atoms with Crippen LogP contribution in [-0.4, -0.2) is 50.2 Å². The molecule has 1 N–H and O–H groups in total. The van der Waals surface area contributed by atoms with Gasteiger partial charge in [0, 0.05) is 52.9 Å². The summed E-state index contributed by atoms with van der Waals surface area (Å²) in [6, 6.07) is 5.71. The molecule has 34 heavy (non-hydrogen) atoms. The molecule has 0 aliphatic carbocycles. The lowest BCUT2D eigenvalue weighted by Gasteiger charge is -2.16. The fourth-order valence-electron chi connectivity index (χ4n) is 3.38. The van der Waals surface area contributed by atoms with Gasteiger partial charge in [0.15, 0.2) is 11.2 Å². The summed E-state index contributed by atoms with van der Waals surface area (Å²) in [4.78, 5) is 30.2. The number of benzene rings is 1. The molecule has 2 aromatic heterocycles. The third-order valence-corrected chi connectivity index (χ3v) is 5.16. The number of aromatic nitrogens is 4. The molecular formula is C22H28F2N4O6. The van der Waals surface area contributed by atoms with E-state index in [1.807, 2.05) is 0 Å². The minimum atomic E-state index is -3.33. The monoisotopic (exact) mass is 482 g/mol. The van der Waals surface area contributed by atoms with Crippen LogP contribution < -0.4 is 20.7 Å². The van der Waals surface area contributed by atoms with Crippen molar-refractivity contribution in [2.45, 2.75) is 45.4 Å². The highest BCUT2D eigenvalue weighted by molar-refractivity contribution is 5.72. The predicted octanol–water partition coefficient (Wildman–Crippen LogP) is 2.49. The van der Waals surface area contributed by atoms with Crippen LogP contribution in [0.5, 0.6) is 17.5 Å². The fraction of sp³-hybridized carbons (Fsp3) is 0.500. The van der Waals surface area contributed by atoms with E-state index in [4.69, 9.17) is 19.3 Å². The summed E-state index contributed by atoms with van der Waals surface area (Å²) in [6.45, 7) is 1.86. The van der Waals surface area contributed by atoms with Crippen LogP contribution in [0.3, 0.4) is 0 Å². The average molecular weight is 482 g/mol. The van der Waals surface area contributed by atoms with Gasteiger partial charge in [-0.15, -0.1) is 0 Å². The Labute approximate surface area is 193 Å². The molecule has 0 aliphatic heterocycles. The molecule has 186 valence electrons. The van der Waals surface area contributed by atoms with Crippen molar-refractivity contribution in [3.05, 3.63) is 45.1 Å². The number of nitrogens with zero attached hydrogens (tertiary/aromatic N) is 4. The highest BCUT2D eigenvalue weighted by Crippen LogP contribution is 2.30. The molecule has 0 atom stereocenters. The molecule has 0 spiro atoms. The summed E-state index contributed by atoms with van der Waals surface area (Å²) < 4.78 is 46.8. The molecule has 2 heterocycles. The van der Waals surface area contributed by atoms with Gasteiger partial charge in [-0.3, -0.25) is 18.5 Å². The van der Waals surface area contributed by atoms with E-state index in [0.29, 0.717) is 13.0 Å². The van der Waals surface area contributed by atoms with Crippen LogP contribution in [0.15, 0.2) is 33.9 Å². The van der Waals surface area contributed by atoms with Crippen LogP contribution >= 0.6 is 0 Å². The van der Waals surface area contributed by atoms with E-state index in [9.17, 15) is 18.4 Å². The van der Waals surface area contributed by atoms with Crippen LogP contribution in [0.25, 0.3) is 11.2 Å². The second-order valence-electron chi connectivity index (χ2n) is 7.61. The topological polar surface area (TPSA) is 110 Å². The van der Waals surface area contributed by atoms with Crippen molar-refractivity contribution >= 4 is 11.2 Å². The highest BCUT2D eigenvalue weighted by Gasteiger charge is 2.29. The van der Waals surface area contributed by atoms with Crippen molar-refractivity contribution < 1.29 is 28.1 Å². The Morgan fingerprint density at radius 2 is 1.82 bits per heavy atom. The number of methoxy groups -OCH3 is 1. The standard InChI is InChI=1S/C22H28F2N4O6/c1-4-22(23,24)34-16-9-5-8-15(14-16)33-20-25-18-17(27(20)11-7-13-32-3)19(30)28(10-6-12-29)21(31)26(18)2/h5,8-9,14,29H,4,6-7,10-13H2,1-3H3. The smallest absolute Gasteiger partial charge is 0.397 e. The largest absolute Gasteiger partial charge is 0.432 e. The number of alkyl halides is 2. The lowest BCUT2D eigenvalue weighted by Crippen LogP contribution is -2.39. The first-order valence-electron chi connectivity index (χ1n) is 10.9. The number of aryl methyl sites for hydroxylation is 2. The number of aliphatic hydroxyl groups excluding tert-OH is 1. The third kappa shape index (κ3) is 5.45. The van der Waals surface area contributed by atoms with Crippen molar-refractivity contribution in [1.82, 2.24) is 18.7 Å². The van der Waals surface area contributed by atoms with Crippen LogP contribution in [-0.2, 0) is 24.9 Å². The molecular weight excluding hydrogens is 454 g/mol. The number of hydrogen-bond donors (Lipinski definition) is 1. The SMILES string of the molecule is CCC(F)(F)Oc1cccc(Oc2nc3c(c(=O)n(CCCO)c(=O)n3C)n2CCCOC)c1. The van der Waals surface area contributed by atoms with Crippen LogP contribution in [0, 0.1) is 0 Å². The zero-order valence-corrected chi connectivity index (χ0v) is 19.3. The fourth-order valence-corrected chi connectivity index (χ4v) is 3.38. The molecule has 0 amide bonds. The second kappa shape index (κ2) is 10.8. The summed E-state index contributed by atoms with van der Waals surface area (Å²) in [6.07, 6.45) is -3.08. The zero-order valence-electron chi connectivity index (χ0n) is 19.3. The quantitative estimate of drug-likeness (QED) is 0.395. The Hall–Kier alpha value is -3.25. The second-order valence-corrected chi connectivity index (χ2v) is 7.61. The number of ether oxygens (including phenoxy) is 3. The van der Waals surface area contributed by atoms with Crippen molar-refractivity contribution in [3.63, 3.8) is 0 Å². The molecule has 0 radical (unpaired) electrons. The van der Waals surface area contributed by atoms with Gasteiger partial charge < -0.3 is 19.3 Å². The van der Waals surface area contributed by atoms with Gasteiger partial charge in [-0.2, -0.15) is 13.8 Å². The minimum Gasteiger partial charge on any atom is -0.432 e. The molecule has 3 aromatic rings. The molecule has 0 aliphatic rings. The van der Waals surface area contributed by atoms with Gasteiger partial charge in [0.25, 0.3) is 5.56 Å². The molecule has 0 saturated heterocycles. The maximum Gasteiger partial charge on any atom is 0.397 e. The molecule has 1 aromatic carbocycles. The molecule has 0 saturated carbocycles. The predicted molar refractivity (Wildman–Crippen MR) is 120 cm³/mol. The third-order valence-electron chi connectivity index (χ3n) is 5.16. The first-order chi connectivity index (χ1) is 16.2. The van der Waals surface area contributed by atoms with Gasteiger partial charge in [-0.1, -0.05) is 13.0 Å². The molecule has 3 rings (SSSR count). The number of rotatable bonds is 12. The first-order valence-corrected chi connectivity index (χ1v) is 10.9. The summed E-state index contributed by atoms with van der Waals surface area (Å²) in [7, 11) is 3.03. The number of halogens is 2. The van der Waals surface area contributed by atoms with Gasteiger partial charge in [0.2, 0.25) is 0 Å². The van der Waals surface area contributed by atoms with Crippen molar-refractivity contribution in [2.24, 2.45) is 7.05 Å². The number of fused-ring (bicyclic) bond motifs is 1. The van der Waals surface area contributed by atoms with Gasteiger partial charge >= 0.3 is 17.8 Å². The van der Waals surface area contributed by atoms with Crippen LogP contribution in [0.1, 0.15) is 26.2 Å². The number of imidazole rings is 1. The summed E-state index contributed by atoms with van der Waals surface area (Å²) in [5, 5.41) is 9.13. The van der Waals surface area contributed by atoms with E-state index < -0.39 is 23.8 Å². The lowest BCUT2D eigenvalue weighted by molar-refractivity contribution is -0.177. The Balaban J connectivity index is 2.09. The Morgan fingerprint density at radius 1 is 1.12 bits per heavy atom. The van der Waals surface area contributed by atoms with Crippen molar-refractivity contribution in [1.29, 1.82) is 0 Å². The Bertz CT molecular complexity index is 1250. The molecule has 12 heteroatoms. The van der Waals surface area contributed by atoms with E-state index in [1.54, 1.807) is 7.11 Å². The van der Waals surface area contributed by atoms with Gasteiger partial charge in [-0.25, -0.2) is 4.79 Å². The normalized spacial score (nSPS) is 11.8. The first kappa shape index (κ1) is 25.4. The van der Waals surface area contributed by atoms with Crippen molar-refractivity contribution in [2.75, 3.05) is 20.3 Å². The Morgan fingerprint density at radius 3 is 2.50 bits per heavy atom. The van der Waals surface area contributed by atoms with Gasteiger partial charge in [0.05, 0.1) is 0 Å². The summed E-state index contributed by atoms with van der Waals surface area (Å²) >= 11 is 0. The Kier molecular flexibility index (Phi) is 8.05. The van der Waals surface area contributed by atoms with Crippen LogP contribution in [0.2, 0.25) is 0 Å². The van der Waals surface area contributed by atoms with E-state index in [2.05, 4.69) is 4.98 Å². The maximum atomic E-state index is 13.7. The molecule has 0 bridgehead atoms. The zero-order chi connectivity index (χ0) is 24.9. The summed E-state index contributed by atoms with van der Waals surface area (Å²) in [5.41, 5.74) is -0.870. The van der Waals surface area contributed by atoms with Gasteiger partial charge in [-0.05, 0) is 25.0 Å². The molecule has 10 nitrogen and oxygen atoms in total. The van der Waals surface area contributed by atoms with E-state index in [1.165, 1.54) is 47.4 Å². The van der Waals surface area contributed by atoms with E-state index in [-0.39, 0.29) is 54.8 Å². The summed E-state index contributed by atoms with van der Waals surface area (Å²) in [5.74, 6) is 0.0726. The minimum absolute atomic E-state index is 0.0116. The van der Waals surface area contributed by atoms with Crippen LogP contribution in [0.4, 0.5) is 8.78 Å². The molecule has 0 unspecified atom stereocenters. The number of aliphatic hydroxyl groups is 1. The molecule has 0 fully saturated rings. The van der Waals surface area contributed by atoms with Crippen molar-refractivity contribution in [3.8, 4) is 17.5 Å². The van der Waals surface area contributed by atoms with E-state index in [0.717, 1.165) is 4.57 Å².